The summed E-state index contributed by atoms with van der Waals surface area (Å²) < 4.78 is 32.8. The molecule has 0 spiro atoms. The number of nitro groups is 1. The average Bonchev–Trinajstić information content (AvgIpc) is 3.21. The monoisotopic (exact) mass is 475 g/mol. The van der Waals surface area contributed by atoms with Gasteiger partial charge in [0, 0.05) is 19.0 Å². The fraction of sp³-hybridized carbons (Fsp3) is 0.263. The third kappa shape index (κ3) is 4.18. The summed E-state index contributed by atoms with van der Waals surface area (Å²) in [7, 11) is -4.53. The Morgan fingerprint density at radius 1 is 1.21 bits per heavy atom. The molecule has 2 atom stereocenters. The number of ether oxygens (including phenoxy) is 1. The molecule has 0 bridgehead atoms. The van der Waals surface area contributed by atoms with Crippen LogP contribution in [0.25, 0.3) is 10.9 Å². The molecular weight excluding hydrogens is 458 g/mol. The Hall–Kier alpha value is -3.75. The molecule has 1 aliphatic rings. The van der Waals surface area contributed by atoms with Gasteiger partial charge in [-0.25, -0.2) is 8.42 Å². The van der Waals surface area contributed by atoms with E-state index >= 15 is 0 Å². The van der Waals surface area contributed by atoms with Crippen molar-refractivity contribution in [2.24, 2.45) is 0 Å². The number of sulfonamides is 1. The van der Waals surface area contributed by atoms with Crippen molar-refractivity contribution in [3.8, 4) is 0 Å². The number of aliphatic hydroxyl groups excluding tert-OH is 1. The minimum absolute atomic E-state index is 0.250. The normalized spacial score (nSPS) is 18.9. The van der Waals surface area contributed by atoms with E-state index in [1.54, 1.807) is 18.2 Å². The summed E-state index contributed by atoms with van der Waals surface area (Å²) in [6, 6.07) is 9.67. The molecule has 0 aliphatic carbocycles. The maximum Gasteiger partial charge on any atom is 0.326 e. The van der Waals surface area contributed by atoms with Gasteiger partial charge in [-0.1, -0.05) is 29.5 Å². The number of rotatable bonds is 6. The van der Waals surface area contributed by atoms with Crippen LogP contribution in [0.15, 0.2) is 58.2 Å². The van der Waals surface area contributed by atoms with Crippen molar-refractivity contribution < 1.29 is 28.0 Å². The summed E-state index contributed by atoms with van der Waals surface area (Å²) in [6.45, 7) is -1.09. The van der Waals surface area contributed by atoms with Crippen molar-refractivity contribution in [2.45, 2.75) is 30.2 Å². The number of hydrogen-bond acceptors (Lipinski definition) is 10. The molecule has 1 N–H and O–H groups in total. The highest BCUT2D eigenvalue weighted by Gasteiger charge is 2.46. The second kappa shape index (κ2) is 8.65. The first-order chi connectivity index (χ1) is 15.7. The van der Waals surface area contributed by atoms with Crippen LogP contribution in [0.3, 0.4) is 0 Å². The van der Waals surface area contributed by atoms with Gasteiger partial charge in [-0.15, -0.1) is 5.10 Å². The molecule has 3 aromatic rings. The van der Waals surface area contributed by atoms with Gasteiger partial charge in [0.2, 0.25) is 0 Å². The molecule has 0 saturated carbocycles. The lowest BCUT2D eigenvalue weighted by molar-refractivity contribution is -0.387. The second-order valence-corrected chi connectivity index (χ2v) is 9.07. The maximum absolute atomic E-state index is 13.1. The van der Waals surface area contributed by atoms with Crippen LogP contribution >= 0.6 is 0 Å². The minimum atomic E-state index is -4.53. The number of β-amino-alcohol motifs (C(OH)–C–C–N with tert-alkyl or cyclic N) is 1. The third-order valence-corrected chi connectivity index (χ3v) is 7.03. The van der Waals surface area contributed by atoms with E-state index in [0.29, 0.717) is 9.82 Å². The minimum Gasteiger partial charge on any atom is -0.441 e. The molecule has 0 amide bonds. The molecule has 14 heteroatoms. The van der Waals surface area contributed by atoms with Gasteiger partial charge in [-0.2, -0.15) is 8.99 Å². The molecule has 1 aliphatic heterocycles. The highest BCUT2D eigenvalue weighted by molar-refractivity contribution is 7.89. The quantitative estimate of drug-likeness (QED) is 0.291. The molecule has 33 heavy (non-hydrogen) atoms. The number of nitro benzene ring substituents is 1. The van der Waals surface area contributed by atoms with Gasteiger partial charge in [0.25, 0.3) is 21.3 Å². The van der Waals surface area contributed by atoms with Crippen LogP contribution < -0.4 is 5.56 Å². The Balaban J connectivity index is 1.58. The SMILES string of the molecule is O=C(OCn1nnc2ccccc2c1=O)[C@@H]1C[C@H](O)CN1S(=O)(=O)c1ccccc1[N+](=O)[O-]. The number of para-hydroxylation sites is 1. The van der Waals surface area contributed by atoms with Gasteiger partial charge in [0.05, 0.1) is 16.4 Å². The summed E-state index contributed by atoms with van der Waals surface area (Å²) in [5.74, 6) is -1.05. The van der Waals surface area contributed by atoms with Crippen molar-refractivity contribution in [3.05, 3.63) is 69.0 Å². The molecule has 1 aromatic heterocycles. The average molecular weight is 475 g/mol. The van der Waals surface area contributed by atoms with Crippen LogP contribution in [0.2, 0.25) is 0 Å². The van der Waals surface area contributed by atoms with Gasteiger partial charge in [0.1, 0.15) is 11.6 Å². The lowest BCUT2D eigenvalue weighted by Gasteiger charge is -2.22. The molecule has 4 rings (SSSR count). The highest BCUT2D eigenvalue weighted by Crippen LogP contribution is 2.31. The van der Waals surface area contributed by atoms with Crippen molar-refractivity contribution in [3.63, 3.8) is 0 Å². The van der Waals surface area contributed by atoms with E-state index in [9.17, 15) is 33.2 Å². The van der Waals surface area contributed by atoms with Crippen LogP contribution in [0.4, 0.5) is 5.69 Å². The smallest absolute Gasteiger partial charge is 0.326 e. The third-order valence-electron chi connectivity index (χ3n) is 5.11. The molecule has 13 nitrogen and oxygen atoms in total. The van der Waals surface area contributed by atoms with E-state index in [1.165, 1.54) is 18.2 Å². The van der Waals surface area contributed by atoms with Gasteiger partial charge in [-0.05, 0) is 18.2 Å². The number of carbonyl (C=O) groups excluding carboxylic acids is 1. The molecule has 2 heterocycles. The molecule has 0 radical (unpaired) electrons. The lowest BCUT2D eigenvalue weighted by atomic mass is 10.2. The Kier molecular flexibility index (Phi) is 5.88. The van der Waals surface area contributed by atoms with Crippen LogP contribution in [0.1, 0.15) is 6.42 Å². The van der Waals surface area contributed by atoms with Gasteiger partial charge >= 0.3 is 5.97 Å². The van der Waals surface area contributed by atoms with Crippen LogP contribution in [-0.2, 0) is 26.3 Å². The number of esters is 1. The Morgan fingerprint density at radius 2 is 1.91 bits per heavy atom. The van der Waals surface area contributed by atoms with Gasteiger partial charge in [0.15, 0.2) is 11.6 Å². The van der Waals surface area contributed by atoms with Crippen molar-refractivity contribution >= 4 is 32.6 Å². The zero-order valence-corrected chi connectivity index (χ0v) is 17.7. The zero-order chi connectivity index (χ0) is 23.8. The second-order valence-electron chi connectivity index (χ2n) is 7.21. The van der Waals surface area contributed by atoms with Crippen LogP contribution in [-0.4, -0.2) is 62.4 Å². The molecule has 0 unspecified atom stereocenters. The van der Waals surface area contributed by atoms with Gasteiger partial charge < -0.3 is 9.84 Å². The molecule has 172 valence electrons. The number of carbonyl (C=O) groups is 1. The number of nitrogens with zero attached hydrogens (tertiary/aromatic N) is 5. The Bertz CT molecular complexity index is 1410. The molecule has 2 aromatic carbocycles. The van der Waals surface area contributed by atoms with Crippen molar-refractivity contribution in [1.82, 2.24) is 19.3 Å². The summed E-state index contributed by atoms with van der Waals surface area (Å²) in [5, 5.41) is 29.1. The number of aromatic nitrogens is 3. The maximum atomic E-state index is 13.1. The topological polar surface area (TPSA) is 175 Å². The van der Waals surface area contributed by atoms with E-state index in [-0.39, 0.29) is 11.8 Å². The molecular formula is C19H17N5O8S. The summed E-state index contributed by atoms with van der Waals surface area (Å²) in [6.07, 6.45) is -1.47. The molecule has 1 fully saturated rings. The Labute approximate surface area is 186 Å². The number of hydrogen-bond donors (Lipinski definition) is 1. The number of fused-ring (bicyclic) bond motifs is 1. The van der Waals surface area contributed by atoms with E-state index in [1.807, 2.05) is 0 Å². The Morgan fingerprint density at radius 3 is 2.67 bits per heavy atom. The van der Waals surface area contributed by atoms with E-state index in [2.05, 4.69) is 10.3 Å². The number of aliphatic hydroxyl groups is 1. The van der Waals surface area contributed by atoms with E-state index < -0.39 is 62.5 Å². The predicted octanol–water partition coefficient (Wildman–Crippen LogP) is 0.0245. The summed E-state index contributed by atoms with van der Waals surface area (Å²) in [5.41, 5.74) is -0.876. The van der Waals surface area contributed by atoms with Crippen molar-refractivity contribution in [2.75, 3.05) is 6.54 Å². The first kappa shape index (κ1) is 22.4. The first-order valence-corrected chi connectivity index (χ1v) is 11.1. The fourth-order valence-corrected chi connectivity index (χ4v) is 5.33. The fourth-order valence-electron chi connectivity index (χ4n) is 3.55. The highest BCUT2D eigenvalue weighted by atomic mass is 32.2. The van der Waals surface area contributed by atoms with E-state index in [0.717, 1.165) is 16.8 Å². The number of benzene rings is 2. The van der Waals surface area contributed by atoms with Crippen molar-refractivity contribution in [1.29, 1.82) is 0 Å². The largest absolute Gasteiger partial charge is 0.441 e. The molecule has 1 saturated heterocycles. The van der Waals surface area contributed by atoms with E-state index in [4.69, 9.17) is 4.74 Å². The summed E-state index contributed by atoms with van der Waals surface area (Å²) >= 11 is 0. The first-order valence-electron chi connectivity index (χ1n) is 9.62. The van der Waals surface area contributed by atoms with Gasteiger partial charge in [-0.3, -0.25) is 19.7 Å². The van der Waals surface area contributed by atoms with Crippen LogP contribution in [0.5, 0.6) is 0 Å². The zero-order valence-electron chi connectivity index (χ0n) is 16.8. The lowest BCUT2D eigenvalue weighted by Crippen LogP contribution is -2.42. The summed E-state index contributed by atoms with van der Waals surface area (Å²) in [4.78, 5) is 35.0. The predicted molar refractivity (Wildman–Crippen MR) is 111 cm³/mol. The van der Waals surface area contributed by atoms with Crippen LogP contribution in [0, 0.1) is 10.1 Å². The standard InChI is InChI=1S/C19H17N5O8S/c25-12-9-16(23(10-12)33(30,31)17-8-4-3-7-15(17)24(28)29)19(27)32-11-22-18(26)13-5-1-2-6-14(13)20-21-22/h1-8,12,16,25H,9-11H2/t12-,16-/m0/s1.